The third kappa shape index (κ3) is 4.33. The highest BCUT2D eigenvalue weighted by Gasteiger charge is 2.23. The first-order valence-electron chi connectivity index (χ1n) is 6.66. The zero-order valence-electron chi connectivity index (χ0n) is 12.6. The molecule has 20 heavy (non-hydrogen) atoms. The first-order valence-corrected chi connectivity index (χ1v) is 6.66. The van der Waals surface area contributed by atoms with Crippen LogP contribution < -0.4 is 15.2 Å². The van der Waals surface area contributed by atoms with Crippen LogP contribution in [0.5, 0.6) is 11.5 Å². The first kappa shape index (κ1) is 16.1. The second-order valence-electron chi connectivity index (χ2n) is 5.48. The Balaban J connectivity index is 2.50. The van der Waals surface area contributed by atoms with E-state index in [0.717, 1.165) is 29.9 Å². The molecule has 0 saturated heterocycles. The van der Waals surface area contributed by atoms with Crippen molar-refractivity contribution in [1.82, 2.24) is 0 Å². The second kappa shape index (κ2) is 7.03. The number of hydrogen-bond acceptors (Lipinski definition) is 4. The Kier molecular flexibility index (Phi) is 5.67. The van der Waals surface area contributed by atoms with Crippen LogP contribution in [0, 0.1) is 12.3 Å². The van der Waals surface area contributed by atoms with E-state index in [4.69, 9.17) is 20.4 Å². The zero-order chi connectivity index (χ0) is 15.2. The zero-order valence-corrected chi connectivity index (χ0v) is 12.6. The molecule has 0 fully saturated rings. The Labute approximate surface area is 120 Å². The molecule has 0 saturated carbocycles. The number of hydrogen-bond donors (Lipinski definition) is 2. The number of methoxy groups -OCH3 is 1. The van der Waals surface area contributed by atoms with E-state index in [9.17, 15) is 0 Å². The van der Waals surface area contributed by atoms with Crippen molar-refractivity contribution in [3.8, 4) is 11.5 Å². The van der Waals surface area contributed by atoms with Gasteiger partial charge in [0.05, 0.1) is 13.7 Å². The molecular weight excluding hydrogens is 256 g/mol. The molecule has 1 aromatic carbocycles. The van der Waals surface area contributed by atoms with E-state index in [1.165, 1.54) is 0 Å². The fraction of sp³-hybridized carbons (Fsp3) is 0.533. The summed E-state index contributed by atoms with van der Waals surface area (Å²) in [5.74, 6) is 1.71. The molecule has 0 aliphatic heterocycles. The molecule has 5 nitrogen and oxygen atoms in total. The van der Waals surface area contributed by atoms with Gasteiger partial charge in [0, 0.05) is 5.41 Å². The average molecular weight is 280 g/mol. The molecule has 0 spiro atoms. The molecule has 5 heteroatoms. The summed E-state index contributed by atoms with van der Waals surface area (Å²) in [6.07, 6.45) is 1.58. The fourth-order valence-corrected chi connectivity index (χ4v) is 1.85. The predicted octanol–water partition coefficient (Wildman–Crippen LogP) is 2.94. The molecule has 0 unspecified atom stereocenters. The van der Waals surface area contributed by atoms with Crippen molar-refractivity contribution >= 4 is 5.84 Å². The molecule has 3 N–H and O–H groups in total. The Morgan fingerprint density at radius 2 is 2.05 bits per heavy atom. The maximum Gasteiger partial charge on any atom is 0.161 e. The molecule has 0 bridgehead atoms. The maximum atomic E-state index is 8.71. The Morgan fingerprint density at radius 3 is 2.65 bits per heavy atom. The highest BCUT2D eigenvalue weighted by Crippen LogP contribution is 2.28. The minimum Gasteiger partial charge on any atom is -0.493 e. The normalized spacial score (nSPS) is 12.3. The van der Waals surface area contributed by atoms with E-state index >= 15 is 0 Å². The Bertz CT molecular complexity index is 470. The third-order valence-corrected chi connectivity index (χ3v) is 3.32. The van der Waals surface area contributed by atoms with Gasteiger partial charge in [-0.3, -0.25) is 0 Å². The van der Waals surface area contributed by atoms with Crippen molar-refractivity contribution in [2.24, 2.45) is 16.3 Å². The smallest absolute Gasteiger partial charge is 0.161 e. The maximum absolute atomic E-state index is 8.71. The van der Waals surface area contributed by atoms with E-state index < -0.39 is 0 Å². The lowest BCUT2D eigenvalue weighted by Gasteiger charge is -2.22. The molecule has 1 rings (SSSR count). The van der Waals surface area contributed by atoms with Gasteiger partial charge in [-0.15, -0.1) is 0 Å². The third-order valence-electron chi connectivity index (χ3n) is 3.32. The second-order valence-corrected chi connectivity index (χ2v) is 5.48. The van der Waals surface area contributed by atoms with Gasteiger partial charge in [0.1, 0.15) is 5.84 Å². The van der Waals surface area contributed by atoms with Gasteiger partial charge in [-0.1, -0.05) is 25.1 Å². The topological polar surface area (TPSA) is 77.1 Å². The quantitative estimate of drug-likeness (QED) is 0.265. The van der Waals surface area contributed by atoms with E-state index in [2.05, 4.69) is 5.16 Å². The van der Waals surface area contributed by atoms with Crippen molar-refractivity contribution in [1.29, 1.82) is 0 Å². The molecule has 0 atom stereocenters. The van der Waals surface area contributed by atoms with E-state index in [1.807, 2.05) is 39.0 Å². The molecular formula is C15H24N2O3. The molecule has 0 heterocycles. The summed E-state index contributed by atoms with van der Waals surface area (Å²) >= 11 is 0. The number of rotatable bonds is 7. The van der Waals surface area contributed by atoms with Crippen molar-refractivity contribution in [3.05, 3.63) is 23.8 Å². The number of benzene rings is 1. The van der Waals surface area contributed by atoms with Gasteiger partial charge in [-0.2, -0.15) is 0 Å². The Hall–Kier alpha value is -1.91. The number of nitrogens with two attached hydrogens (primary N) is 1. The highest BCUT2D eigenvalue weighted by molar-refractivity contribution is 5.85. The lowest BCUT2D eigenvalue weighted by molar-refractivity contribution is 0.266. The lowest BCUT2D eigenvalue weighted by Crippen LogP contribution is -2.32. The number of ether oxygens (including phenoxy) is 2. The van der Waals surface area contributed by atoms with Crippen LogP contribution in [0.2, 0.25) is 0 Å². The van der Waals surface area contributed by atoms with E-state index in [0.29, 0.717) is 6.61 Å². The van der Waals surface area contributed by atoms with Crippen LogP contribution in [-0.4, -0.2) is 24.8 Å². The van der Waals surface area contributed by atoms with Gasteiger partial charge in [0.15, 0.2) is 11.5 Å². The summed E-state index contributed by atoms with van der Waals surface area (Å²) in [7, 11) is 1.63. The molecule has 0 aliphatic carbocycles. The minimum absolute atomic E-state index is 0.241. The summed E-state index contributed by atoms with van der Waals surface area (Å²) in [4.78, 5) is 0. The standard InChI is InChI=1S/C15H24N2O3/c1-11-6-7-12(13(10-11)19-4)20-9-5-8-15(2,3)14(16)17-18/h6-7,10,18H,5,8-9H2,1-4H3,(H2,16,17). The molecule has 112 valence electrons. The fourth-order valence-electron chi connectivity index (χ4n) is 1.85. The molecule has 0 aliphatic rings. The average Bonchev–Trinajstić information content (AvgIpc) is 2.43. The van der Waals surface area contributed by atoms with E-state index in [1.54, 1.807) is 7.11 Å². The molecule has 1 aromatic rings. The molecule has 0 aromatic heterocycles. The number of oxime groups is 1. The summed E-state index contributed by atoms with van der Waals surface area (Å²) < 4.78 is 11.0. The number of aryl methyl sites for hydroxylation is 1. The summed E-state index contributed by atoms with van der Waals surface area (Å²) in [5.41, 5.74) is 6.43. The summed E-state index contributed by atoms with van der Waals surface area (Å²) in [6, 6.07) is 5.83. The first-order chi connectivity index (χ1) is 9.40. The van der Waals surface area contributed by atoms with Crippen LogP contribution in [0.3, 0.4) is 0 Å². The van der Waals surface area contributed by atoms with Crippen molar-refractivity contribution < 1.29 is 14.7 Å². The summed E-state index contributed by atoms with van der Waals surface area (Å²) in [5, 5.41) is 11.8. The monoisotopic (exact) mass is 280 g/mol. The van der Waals surface area contributed by atoms with Gasteiger partial charge in [-0.25, -0.2) is 0 Å². The Morgan fingerprint density at radius 1 is 1.35 bits per heavy atom. The highest BCUT2D eigenvalue weighted by atomic mass is 16.5. The number of nitrogens with zero attached hydrogens (tertiary/aromatic N) is 1. The van der Waals surface area contributed by atoms with Crippen molar-refractivity contribution in [2.45, 2.75) is 33.6 Å². The lowest BCUT2D eigenvalue weighted by atomic mass is 9.87. The van der Waals surface area contributed by atoms with Gasteiger partial charge >= 0.3 is 0 Å². The van der Waals surface area contributed by atoms with Crippen LogP contribution in [0.4, 0.5) is 0 Å². The van der Waals surface area contributed by atoms with Crippen molar-refractivity contribution in [2.75, 3.05) is 13.7 Å². The number of amidine groups is 1. The SMILES string of the molecule is COc1cc(C)ccc1OCCCC(C)(C)C(N)=NO. The van der Waals surface area contributed by atoms with Crippen LogP contribution in [-0.2, 0) is 0 Å². The van der Waals surface area contributed by atoms with Crippen LogP contribution in [0.15, 0.2) is 23.4 Å². The van der Waals surface area contributed by atoms with Gasteiger partial charge < -0.3 is 20.4 Å². The summed E-state index contributed by atoms with van der Waals surface area (Å²) in [6.45, 7) is 6.44. The van der Waals surface area contributed by atoms with Crippen LogP contribution >= 0.6 is 0 Å². The van der Waals surface area contributed by atoms with Crippen LogP contribution in [0.1, 0.15) is 32.3 Å². The van der Waals surface area contributed by atoms with Gasteiger partial charge in [-0.05, 0) is 37.5 Å². The van der Waals surface area contributed by atoms with E-state index in [-0.39, 0.29) is 11.3 Å². The minimum atomic E-state index is -0.338. The van der Waals surface area contributed by atoms with Gasteiger partial charge in [0.25, 0.3) is 0 Å². The molecule has 0 amide bonds. The largest absolute Gasteiger partial charge is 0.493 e. The molecule has 0 radical (unpaired) electrons. The van der Waals surface area contributed by atoms with Crippen molar-refractivity contribution in [3.63, 3.8) is 0 Å². The predicted molar refractivity (Wildman–Crippen MR) is 79.6 cm³/mol. The van der Waals surface area contributed by atoms with Gasteiger partial charge in [0.2, 0.25) is 0 Å². The van der Waals surface area contributed by atoms with Crippen LogP contribution in [0.25, 0.3) is 0 Å².